The number of carbonyl (C=O) groups excluding carboxylic acids is 3. The van der Waals surface area contributed by atoms with E-state index >= 15 is 0 Å². The third-order valence-electron chi connectivity index (χ3n) is 17.8. The van der Waals surface area contributed by atoms with Crippen LogP contribution in [0.2, 0.25) is 0 Å². The van der Waals surface area contributed by atoms with Gasteiger partial charge in [-0.2, -0.15) is 0 Å². The maximum atomic E-state index is 13.0. The second-order valence-electron chi connectivity index (χ2n) is 28.2. The van der Waals surface area contributed by atoms with Gasteiger partial charge in [0.2, 0.25) is 0 Å². The van der Waals surface area contributed by atoms with Crippen LogP contribution < -0.4 is 0 Å². The summed E-state index contributed by atoms with van der Waals surface area (Å²) in [5.74, 6) is -1.59. The highest BCUT2D eigenvalue weighted by Gasteiger charge is 2.29. The van der Waals surface area contributed by atoms with Crippen molar-refractivity contribution in [2.75, 3.05) is 39.6 Å². The molecule has 0 aliphatic carbocycles. The number of esters is 3. The highest BCUT2D eigenvalue weighted by Crippen LogP contribution is 2.45. The van der Waals surface area contributed by atoms with Crippen molar-refractivity contribution >= 4 is 33.6 Å². The average Bonchev–Trinajstić information content (AvgIpc) is 0.906. The molecule has 0 saturated heterocycles. The molecule has 0 spiro atoms. The van der Waals surface area contributed by atoms with Gasteiger partial charge in [0.05, 0.1) is 26.4 Å². The lowest BCUT2D eigenvalue weighted by Crippen LogP contribution is -2.30. The first kappa shape index (κ1) is 103. The minimum absolute atomic E-state index is 0.0858. The standard InChI is InChI=1S/C89H154O16P2/c1-4-7-10-13-16-19-22-25-28-30-32-34-36-38-39-40-41-42-43-45-47-48-50-52-55-57-60-63-66-69-72-75-87(92)99-78-84(90)79-101-106(95,96)102-80-85(91)81-103-107(97,98)104-83-86(105-89(94)77-74-71-68-65-62-59-54-27-24-21-18-15-12-9-6-3)82-100-88(93)76-73-70-67-64-61-58-56-53-51-49-46-44-37-35-33-31-29-26-23-20-17-14-11-8-5-2/h7,10,16-21,25-29,32-35,38-39,44,46,54,84-86,90-91H,4-6,8-9,11-15,22-24,30-31,36-37,40-43,45,47-53,55-83H2,1-3H3,(H,95,96)(H,97,98)/b10-7-,19-16-,20-17-,21-18-,28-25-,29-26-,34-32-,35-33-,39-38-,46-44-,54-27-. The zero-order valence-electron chi connectivity index (χ0n) is 67.5. The normalized spacial score (nSPS) is 14.6. The van der Waals surface area contributed by atoms with Crippen LogP contribution in [0.25, 0.3) is 0 Å². The van der Waals surface area contributed by atoms with Crippen LogP contribution in [0.1, 0.15) is 355 Å². The van der Waals surface area contributed by atoms with E-state index in [2.05, 4.69) is 154 Å². The van der Waals surface area contributed by atoms with Crippen LogP contribution >= 0.6 is 15.6 Å². The number of allylic oxidation sites excluding steroid dienone is 22. The molecule has 0 fully saturated rings. The Labute approximate surface area is 652 Å². The molecule has 5 atom stereocenters. The second-order valence-corrected chi connectivity index (χ2v) is 31.2. The molecule has 18 heteroatoms. The van der Waals surface area contributed by atoms with Gasteiger partial charge in [0, 0.05) is 19.3 Å². The highest BCUT2D eigenvalue weighted by atomic mass is 31.2. The van der Waals surface area contributed by atoms with Gasteiger partial charge in [0.15, 0.2) is 6.10 Å². The van der Waals surface area contributed by atoms with Crippen molar-refractivity contribution in [2.45, 2.75) is 373 Å². The highest BCUT2D eigenvalue weighted by molar-refractivity contribution is 7.47. The van der Waals surface area contributed by atoms with E-state index < -0.39 is 91.5 Å². The summed E-state index contributed by atoms with van der Waals surface area (Å²) in [6.45, 7) is 2.52. The SMILES string of the molecule is CC/C=C\C/C=C\C/C=C\C/C=C\C/C=C\CCCCCCCCCCCCCCCCCC(=O)OCC(O)COP(=O)(O)OCC(O)COP(=O)(O)OCC(COC(=O)CCCCCCCCCCC/C=C\C/C=C\C/C=C\C/C=C\CCCCC)OC(=O)CCCCCCC/C=C\C/C=C\CCCCC. The number of hydrogen-bond acceptors (Lipinski definition) is 14. The lowest BCUT2D eigenvalue weighted by atomic mass is 10.0. The first-order valence-electron chi connectivity index (χ1n) is 42.5. The van der Waals surface area contributed by atoms with Gasteiger partial charge in [0.25, 0.3) is 0 Å². The molecule has 5 unspecified atom stereocenters. The predicted octanol–water partition coefficient (Wildman–Crippen LogP) is 25.4. The van der Waals surface area contributed by atoms with Crippen molar-refractivity contribution in [3.05, 3.63) is 134 Å². The third-order valence-corrected chi connectivity index (χ3v) is 19.7. The van der Waals surface area contributed by atoms with Gasteiger partial charge >= 0.3 is 33.6 Å². The number of unbranched alkanes of at least 4 members (excludes halogenated alkanes) is 35. The number of carbonyl (C=O) groups is 3. The maximum Gasteiger partial charge on any atom is 0.472 e. The Morgan fingerprint density at radius 1 is 0.271 bits per heavy atom. The first-order valence-corrected chi connectivity index (χ1v) is 45.5. The van der Waals surface area contributed by atoms with Crippen molar-refractivity contribution in [1.29, 1.82) is 0 Å². The summed E-state index contributed by atoms with van der Waals surface area (Å²) >= 11 is 0. The Morgan fingerprint density at radius 2 is 0.495 bits per heavy atom. The first-order chi connectivity index (χ1) is 52.2. The zero-order valence-corrected chi connectivity index (χ0v) is 69.3. The van der Waals surface area contributed by atoms with Gasteiger partial charge in [-0.1, -0.05) is 328 Å². The fraction of sp³-hybridized carbons (Fsp3) is 0.719. The number of rotatable bonds is 80. The molecule has 616 valence electrons. The van der Waals surface area contributed by atoms with Crippen molar-refractivity contribution in [3.8, 4) is 0 Å². The van der Waals surface area contributed by atoms with E-state index in [0.717, 1.165) is 148 Å². The van der Waals surface area contributed by atoms with Gasteiger partial charge in [-0.3, -0.25) is 32.5 Å². The molecule has 0 aliphatic rings. The smallest absolute Gasteiger partial charge is 0.463 e. The summed E-state index contributed by atoms with van der Waals surface area (Å²) < 4.78 is 61.3. The topological polar surface area (TPSA) is 231 Å². The molecule has 0 amide bonds. The van der Waals surface area contributed by atoms with E-state index in [0.29, 0.717) is 19.3 Å². The number of hydrogen-bond donors (Lipinski definition) is 4. The largest absolute Gasteiger partial charge is 0.472 e. The molecule has 0 aromatic heterocycles. The summed E-state index contributed by atoms with van der Waals surface area (Å²) in [6.07, 6.45) is 99.3. The Hall–Kier alpha value is -4.31. The number of ether oxygens (including phenoxy) is 3. The summed E-state index contributed by atoms with van der Waals surface area (Å²) in [5, 5.41) is 20.7. The monoisotopic (exact) mass is 1540 g/mol. The van der Waals surface area contributed by atoms with Crippen LogP contribution in [0, 0.1) is 0 Å². The molecule has 16 nitrogen and oxygen atoms in total. The molecule has 4 N–H and O–H groups in total. The van der Waals surface area contributed by atoms with Crippen LogP contribution in [0.5, 0.6) is 0 Å². The van der Waals surface area contributed by atoms with E-state index in [1.54, 1.807) is 0 Å². The van der Waals surface area contributed by atoms with E-state index in [1.807, 2.05) is 0 Å². The van der Waals surface area contributed by atoms with Gasteiger partial charge in [-0.25, -0.2) is 9.13 Å². The molecule has 0 radical (unpaired) electrons. The van der Waals surface area contributed by atoms with Gasteiger partial charge in [-0.05, 0) is 141 Å². The number of aliphatic hydroxyl groups excluding tert-OH is 2. The zero-order chi connectivity index (χ0) is 78.0. The Kier molecular flexibility index (Phi) is 77.9. The molecule has 0 heterocycles. The van der Waals surface area contributed by atoms with Crippen molar-refractivity contribution in [3.63, 3.8) is 0 Å². The number of phosphoric ester groups is 2. The van der Waals surface area contributed by atoms with Gasteiger partial charge in [0.1, 0.15) is 25.4 Å². The van der Waals surface area contributed by atoms with Crippen molar-refractivity contribution in [2.24, 2.45) is 0 Å². The number of aliphatic hydroxyl groups is 2. The molecule has 0 aromatic carbocycles. The minimum atomic E-state index is -4.94. The average molecular weight is 1540 g/mol. The third kappa shape index (κ3) is 82.5. The predicted molar refractivity (Wildman–Crippen MR) is 445 cm³/mol. The lowest BCUT2D eigenvalue weighted by Gasteiger charge is -2.21. The molecule has 0 saturated carbocycles. The molecular weight excluding hydrogens is 1390 g/mol. The van der Waals surface area contributed by atoms with Crippen LogP contribution in [0.4, 0.5) is 0 Å². The van der Waals surface area contributed by atoms with Crippen LogP contribution in [-0.2, 0) is 55.8 Å². The van der Waals surface area contributed by atoms with Crippen molar-refractivity contribution < 1.29 is 75.8 Å². The van der Waals surface area contributed by atoms with Crippen LogP contribution in [0.15, 0.2) is 134 Å². The molecule has 0 aliphatic heterocycles. The van der Waals surface area contributed by atoms with Crippen LogP contribution in [0.3, 0.4) is 0 Å². The van der Waals surface area contributed by atoms with E-state index in [9.17, 15) is 43.5 Å². The molecule has 107 heavy (non-hydrogen) atoms. The molecule has 0 rings (SSSR count). The van der Waals surface area contributed by atoms with Crippen molar-refractivity contribution in [1.82, 2.24) is 0 Å². The summed E-state index contributed by atoms with van der Waals surface area (Å²) in [6, 6.07) is 0. The minimum Gasteiger partial charge on any atom is -0.463 e. The number of phosphoric acid groups is 2. The second kappa shape index (κ2) is 81.2. The van der Waals surface area contributed by atoms with E-state index in [4.69, 9.17) is 32.3 Å². The molecule has 0 bridgehead atoms. The fourth-order valence-corrected chi connectivity index (χ4v) is 13.0. The Balaban J connectivity index is 4.50. The summed E-state index contributed by atoms with van der Waals surface area (Å²) in [4.78, 5) is 58.8. The molecular formula is C89H154O16P2. The van der Waals surface area contributed by atoms with Crippen LogP contribution in [-0.4, -0.2) is 95.9 Å². The molecule has 0 aromatic rings. The van der Waals surface area contributed by atoms with Gasteiger partial charge in [-0.15, -0.1) is 0 Å². The lowest BCUT2D eigenvalue weighted by molar-refractivity contribution is -0.161. The Bertz CT molecular complexity index is 2480. The van der Waals surface area contributed by atoms with E-state index in [-0.39, 0.29) is 19.3 Å². The van der Waals surface area contributed by atoms with E-state index in [1.165, 1.54) is 148 Å². The maximum absolute atomic E-state index is 13.0. The fourth-order valence-electron chi connectivity index (χ4n) is 11.4. The quantitative estimate of drug-likeness (QED) is 0.0146. The summed E-state index contributed by atoms with van der Waals surface area (Å²) in [5.41, 5.74) is 0. The van der Waals surface area contributed by atoms with Gasteiger partial charge < -0.3 is 34.2 Å². The Morgan fingerprint density at radius 3 is 0.785 bits per heavy atom. The summed E-state index contributed by atoms with van der Waals surface area (Å²) in [7, 11) is -9.80.